The number of rotatable bonds is 8. The first kappa shape index (κ1) is 25.8. The maximum absolute atomic E-state index is 13.6. The second kappa shape index (κ2) is 10.5. The third-order valence-electron chi connectivity index (χ3n) is 6.13. The lowest BCUT2D eigenvalue weighted by atomic mass is 10.2. The second-order valence-corrected chi connectivity index (χ2v) is 10.5. The number of hydrogen-bond donors (Lipinski definition) is 2. The van der Waals surface area contributed by atoms with Crippen LogP contribution in [0.25, 0.3) is 11.2 Å². The summed E-state index contributed by atoms with van der Waals surface area (Å²) in [6.07, 6.45) is 1.51. The van der Waals surface area contributed by atoms with Crippen molar-refractivity contribution in [3.8, 4) is 0 Å². The average Bonchev–Trinajstić information content (AvgIpc) is 3.33. The number of primary sulfonamides is 1. The van der Waals surface area contributed by atoms with Gasteiger partial charge in [-0.3, -0.25) is 14.2 Å². The summed E-state index contributed by atoms with van der Waals surface area (Å²) >= 11 is 0. The molecule has 0 spiro atoms. The summed E-state index contributed by atoms with van der Waals surface area (Å²) in [5.74, 6) is -0.641. The lowest BCUT2D eigenvalue weighted by Gasteiger charge is -2.13. The van der Waals surface area contributed by atoms with E-state index >= 15 is 0 Å². The highest BCUT2D eigenvalue weighted by atomic mass is 32.2. The van der Waals surface area contributed by atoms with Gasteiger partial charge >= 0.3 is 5.69 Å². The van der Waals surface area contributed by atoms with Crippen molar-refractivity contribution in [3.05, 3.63) is 123 Å². The number of carbonyl (C=O) groups is 1. The number of imidazole rings is 1. The quantitative estimate of drug-likeness (QED) is 0.304. The van der Waals surface area contributed by atoms with E-state index in [0.29, 0.717) is 6.54 Å². The normalized spacial score (nSPS) is 11.5. The van der Waals surface area contributed by atoms with Crippen LogP contribution in [0.15, 0.2) is 106 Å². The minimum Gasteiger partial charge on any atom is -0.325 e. The fraction of sp³-hybridized carbons (Fsp3) is 0.111. The molecule has 11 nitrogen and oxygen atoms in total. The molecule has 0 fully saturated rings. The van der Waals surface area contributed by atoms with Gasteiger partial charge in [-0.05, 0) is 35.4 Å². The Kier molecular flexibility index (Phi) is 6.96. The van der Waals surface area contributed by atoms with Crippen LogP contribution in [-0.2, 0) is 34.5 Å². The molecule has 5 aromatic rings. The zero-order chi connectivity index (χ0) is 27.6. The van der Waals surface area contributed by atoms with E-state index in [-0.39, 0.29) is 28.3 Å². The molecule has 0 saturated heterocycles. The third-order valence-corrected chi connectivity index (χ3v) is 7.06. The number of fused-ring (bicyclic) bond motifs is 1. The number of anilines is 1. The van der Waals surface area contributed by atoms with Crippen LogP contribution >= 0.6 is 0 Å². The van der Waals surface area contributed by atoms with Gasteiger partial charge < -0.3 is 9.88 Å². The first-order valence-corrected chi connectivity index (χ1v) is 13.4. The largest absolute Gasteiger partial charge is 0.333 e. The fourth-order valence-electron chi connectivity index (χ4n) is 4.26. The zero-order valence-electron chi connectivity index (χ0n) is 20.6. The topological polar surface area (TPSA) is 151 Å². The highest BCUT2D eigenvalue weighted by Crippen LogP contribution is 2.14. The molecular weight excluding hydrogens is 520 g/mol. The fourth-order valence-corrected chi connectivity index (χ4v) is 4.77. The molecule has 0 aliphatic carbocycles. The standard InChI is InChI=1S/C27H24N6O5S/c28-39(37,38)22-13-11-21(12-14-22)30-23(34)17-33-26(35)24-25(29-18-31(24)15-19-7-3-1-4-8-19)32(27(33)36)16-20-9-5-2-6-10-20/h1-14,18H,15-17H2,(H,30,34)(H2,28,37,38). The Hall–Kier alpha value is -4.81. The summed E-state index contributed by atoms with van der Waals surface area (Å²) < 4.78 is 26.9. The maximum Gasteiger partial charge on any atom is 0.333 e. The summed E-state index contributed by atoms with van der Waals surface area (Å²) in [5, 5.41) is 7.70. The monoisotopic (exact) mass is 544 g/mol. The number of carbonyl (C=O) groups excluding carboxylic acids is 1. The molecule has 3 N–H and O–H groups in total. The SMILES string of the molecule is NS(=O)(=O)c1ccc(NC(=O)Cn2c(=O)c3c(ncn3Cc3ccccc3)n(Cc3ccccc3)c2=O)cc1. The van der Waals surface area contributed by atoms with Gasteiger partial charge in [-0.1, -0.05) is 60.7 Å². The Morgan fingerprint density at radius 3 is 2.00 bits per heavy atom. The second-order valence-electron chi connectivity index (χ2n) is 8.89. The van der Waals surface area contributed by atoms with Crippen LogP contribution in [0.4, 0.5) is 5.69 Å². The highest BCUT2D eigenvalue weighted by Gasteiger charge is 2.20. The van der Waals surface area contributed by atoms with E-state index in [9.17, 15) is 22.8 Å². The van der Waals surface area contributed by atoms with E-state index in [2.05, 4.69) is 10.3 Å². The van der Waals surface area contributed by atoms with E-state index in [0.717, 1.165) is 15.7 Å². The van der Waals surface area contributed by atoms with Gasteiger partial charge in [0.05, 0.1) is 17.8 Å². The van der Waals surface area contributed by atoms with E-state index in [1.54, 1.807) is 4.57 Å². The van der Waals surface area contributed by atoms with Gasteiger partial charge in [0.1, 0.15) is 6.54 Å². The smallest absolute Gasteiger partial charge is 0.325 e. The number of nitrogens with zero attached hydrogens (tertiary/aromatic N) is 4. The zero-order valence-corrected chi connectivity index (χ0v) is 21.4. The van der Waals surface area contributed by atoms with E-state index in [1.165, 1.54) is 35.2 Å². The number of nitrogens with one attached hydrogen (secondary N) is 1. The molecule has 0 saturated carbocycles. The van der Waals surface area contributed by atoms with Gasteiger partial charge in [-0.15, -0.1) is 0 Å². The predicted molar refractivity (Wildman–Crippen MR) is 146 cm³/mol. The van der Waals surface area contributed by atoms with Crippen LogP contribution in [0.3, 0.4) is 0 Å². The van der Waals surface area contributed by atoms with Gasteiger partial charge in [-0.25, -0.2) is 27.9 Å². The van der Waals surface area contributed by atoms with Crippen LogP contribution in [0.1, 0.15) is 11.1 Å². The molecule has 0 atom stereocenters. The first-order chi connectivity index (χ1) is 18.7. The molecule has 2 aromatic heterocycles. The van der Waals surface area contributed by atoms with Crippen LogP contribution in [0.2, 0.25) is 0 Å². The molecule has 0 bridgehead atoms. The average molecular weight is 545 g/mol. The van der Waals surface area contributed by atoms with Crippen molar-refractivity contribution in [1.29, 1.82) is 0 Å². The Balaban J connectivity index is 1.54. The van der Waals surface area contributed by atoms with Crippen LogP contribution in [0.5, 0.6) is 0 Å². The maximum atomic E-state index is 13.6. The van der Waals surface area contributed by atoms with Crippen molar-refractivity contribution < 1.29 is 13.2 Å². The Morgan fingerprint density at radius 1 is 0.821 bits per heavy atom. The summed E-state index contributed by atoms with van der Waals surface area (Å²) in [6, 6.07) is 24.0. The molecular formula is C27H24N6O5S. The van der Waals surface area contributed by atoms with E-state index in [4.69, 9.17) is 5.14 Å². The van der Waals surface area contributed by atoms with Crippen LogP contribution in [-0.4, -0.2) is 33.0 Å². The van der Waals surface area contributed by atoms with Crippen LogP contribution < -0.4 is 21.7 Å². The number of sulfonamides is 1. The summed E-state index contributed by atoms with van der Waals surface area (Å²) in [7, 11) is -3.89. The summed E-state index contributed by atoms with van der Waals surface area (Å²) in [4.78, 5) is 44.3. The lowest BCUT2D eigenvalue weighted by molar-refractivity contribution is -0.116. The molecule has 198 valence electrons. The molecule has 12 heteroatoms. The molecule has 0 aliphatic rings. The van der Waals surface area contributed by atoms with Gasteiger partial charge in [-0.2, -0.15) is 0 Å². The molecule has 2 heterocycles. The molecule has 0 aliphatic heterocycles. The Bertz CT molecular complexity index is 1880. The number of benzene rings is 3. The number of hydrogen-bond acceptors (Lipinski definition) is 6. The molecule has 1 amide bonds. The van der Waals surface area contributed by atoms with Crippen molar-refractivity contribution in [2.24, 2.45) is 5.14 Å². The van der Waals surface area contributed by atoms with E-state index in [1.807, 2.05) is 60.7 Å². The van der Waals surface area contributed by atoms with Crippen molar-refractivity contribution in [2.75, 3.05) is 5.32 Å². The van der Waals surface area contributed by atoms with Gasteiger partial charge in [0.15, 0.2) is 11.2 Å². The summed E-state index contributed by atoms with van der Waals surface area (Å²) in [5.41, 5.74) is 1.13. The number of nitrogens with two attached hydrogens (primary N) is 1. The van der Waals surface area contributed by atoms with Crippen molar-refractivity contribution in [1.82, 2.24) is 18.7 Å². The molecule has 0 radical (unpaired) electrons. The van der Waals surface area contributed by atoms with Crippen molar-refractivity contribution in [3.63, 3.8) is 0 Å². The van der Waals surface area contributed by atoms with Gasteiger partial charge in [0, 0.05) is 12.2 Å². The van der Waals surface area contributed by atoms with Gasteiger partial charge in [0.25, 0.3) is 5.56 Å². The predicted octanol–water partition coefficient (Wildman–Crippen LogP) is 1.74. The van der Waals surface area contributed by atoms with E-state index < -0.39 is 33.7 Å². The minimum absolute atomic E-state index is 0.113. The van der Waals surface area contributed by atoms with Crippen molar-refractivity contribution in [2.45, 2.75) is 24.5 Å². The molecule has 5 rings (SSSR count). The van der Waals surface area contributed by atoms with Crippen LogP contribution in [0, 0.1) is 0 Å². The highest BCUT2D eigenvalue weighted by molar-refractivity contribution is 7.89. The molecule has 39 heavy (non-hydrogen) atoms. The lowest BCUT2D eigenvalue weighted by Crippen LogP contribution is -2.43. The first-order valence-electron chi connectivity index (χ1n) is 11.9. The summed E-state index contributed by atoms with van der Waals surface area (Å²) in [6.45, 7) is -0.0655. The Morgan fingerprint density at radius 2 is 1.41 bits per heavy atom. The minimum atomic E-state index is -3.89. The van der Waals surface area contributed by atoms with Crippen molar-refractivity contribution >= 4 is 32.8 Å². The molecule has 0 unspecified atom stereocenters. The van der Waals surface area contributed by atoms with Gasteiger partial charge in [0.2, 0.25) is 15.9 Å². The molecule has 3 aromatic carbocycles. The Labute approximate surface area is 222 Å². The number of aromatic nitrogens is 4. The third kappa shape index (κ3) is 5.56. The number of amides is 1.